The van der Waals surface area contributed by atoms with Gasteiger partial charge in [0.15, 0.2) is 0 Å². The van der Waals surface area contributed by atoms with E-state index in [1.807, 2.05) is 0 Å². The molecule has 136 valence electrons. The number of ether oxygens (including phenoxy) is 2. The van der Waals surface area contributed by atoms with Crippen molar-refractivity contribution in [3.8, 4) is 5.75 Å². The summed E-state index contributed by atoms with van der Waals surface area (Å²) < 4.78 is 10.4. The number of rotatable bonds is 7. The lowest BCUT2D eigenvalue weighted by molar-refractivity contribution is -0.150. The largest absolute Gasteiger partial charge is 0.496 e. The van der Waals surface area contributed by atoms with Gasteiger partial charge >= 0.3 is 6.09 Å². The Hall–Kier alpha value is -2.06. The van der Waals surface area contributed by atoms with E-state index >= 15 is 0 Å². The maximum absolute atomic E-state index is 12.0. The Labute approximate surface area is 142 Å². The number of aromatic amines is 1. The van der Waals surface area contributed by atoms with Gasteiger partial charge in [0.25, 0.3) is 5.56 Å². The van der Waals surface area contributed by atoms with Crippen LogP contribution in [0.5, 0.6) is 5.75 Å². The van der Waals surface area contributed by atoms with Crippen LogP contribution in [0.2, 0.25) is 0 Å². The van der Waals surface area contributed by atoms with Gasteiger partial charge in [-0.15, -0.1) is 0 Å². The van der Waals surface area contributed by atoms with Crippen LogP contribution in [0.15, 0.2) is 10.9 Å². The summed E-state index contributed by atoms with van der Waals surface area (Å²) in [7, 11) is 1.51. The summed E-state index contributed by atoms with van der Waals surface area (Å²) in [5.74, 6) is 0.503. The number of aryl methyl sites for hydroxylation is 1. The number of H-pyrrole nitrogens is 1. The molecule has 0 atom stereocenters. The van der Waals surface area contributed by atoms with Gasteiger partial charge in [-0.25, -0.2) is 4.79 Å². The number of hydrogen-bond donors (Lipinski definition) is 2. The molecule has 0 fully saturated rings. The topological polar surface area (TPSA) is 92.9 Å². The highest BCUT2D eigenvalue weighted by molar-refractivity contribution is 5.66. The molecule has 1 amide bonds. The van der Waals surface area contributed by atoms with E-state index in [2.05, 4.69) is 10.3 Å². The molecule has 0 radical (unpaired) electrons. The van der Waals surface area contributed by atoms with Gasteiger partial charge in [-0.3, -0.25) is 14.9 Å². The first kappa shape index (κ1) is 20.0. The third-order valence-corrected chi connectivity index (χ3v) is 2.96. The Balaban J connectivity index is 2.56. The zero-order valence-electron chi connectivity index (χ0n) is 15.2. The molecule has 0 unspecified atom stereocenters. The molecule has 2 N–H and O–H groups in total. The van der Waals surface area contributed by atoms with Gasteiger partial charge < -0.3 is 14.5 Å². The van der Waals surface area contributed by atoms with E-state index in [1.165, 1.54) is 7.11 Å². The first-order valence-electron chi connectivity index (χ1n) is 7.79. The normalized spacial score (nSPS) is 11.2. The molecule has 0 spiro atoms. The Bertz CT molecular complexity index is 607. The highest BCUT2D eigenvalue weighted by atomic mass is 16.7. The number of carbonyl (C=O) groups is 1. The molecule has 24 heavy (non-hydrogen) atoms. The lowest BCUT2D eigenvalue weighted by Crippen LogP contribution is -2.39. The van der Waals surface area contributed by atoms with Crippen molar-refractivity contribution >= 4 is 6.09 Å². The molecule has 1 rings (SSSR count). The van der Waals surface area contributed by atoms with Crippen LogP contribution in [0, 0.1) is 6.92 Å². The van der Waals surface area contributed by atoms with Crippen LogP contribution >= 0.6 is 0 Å². The van der Waals surface area contributed by atoms with Gasteiger partial charge in [0.1, 0.15) is 18.1 Å². The Kier molecular flexibility index (Phi) is 7.24. The van der Waals surface area contributed by atoms with Crippen molar-refractivity contribution in [1.82, 2.24) is 15.4 Å². The number of pyridine rings is 1. The molecule has 0 aliphatic carbocycles. The number of nitrogens with one attached hydrogen (secondary N) is 2. The van der Waals surface area contributed by atoms with Gasteiger partial charge in [-0.2, -0.15) is 5.06 Å². The van der Waals surface area contributed by atoms with Crippen LogP contribution in [0.3, 0.4) is 0 Å². The summed E-state index contributed by atoms with van der Waals surface area (Å²) in [6.45, 7) is 9.54. The predicted molar refractivity (Wildman–Crippen MR) is 89.8 cm³/mol. The molecule has 8 heteroatoms. The van der Waals surface area contributed by atoms with E-state index in [0.717, 1.165) is 10.8 Å². The van der Waals surface area contributed by atoms with Crippen molar-refractivity contribution in [3.63, 3.8) is 0 Å². The fourth-order valence-corrected chi connectivity index (χ4v) is 1.92. The van der Waals surface area contributed by atoms with E-state index in [1.54, 1.807) is 40.7 Å². The number of hydrogen-bond acceptors (Lipinski definition) is 6. The van der Waals surface area contributed by atoms with Gasteiger partial charge in [-0.1, -0.05) is 0 Å². The molecular weight excluding hydrogens is 314 g/mol. The molecular formula is C16H27N3O5. The van der Waals surface area contributed by atoms with E-state index < -0.39 is 11.7 Å². The van der Waals surface area contributed by atoms with Crippen LogP contribution in [-0.4, -0.2) is 42.1 Å². The van der Waals surface area contributed by atoms with Gasteiger partial charge in [-0.05, 0) is 40.7 Å². The first-order valence-corrected chi connectivity index (χ1v) is 7.79. The molecule has 0 bridgehead atoms. The van der Waals surface area contributed by atoms with E-state index in [0.29, 0.717) is 17.9 Å². The number of methoxy groups -OCH3 is 1. The third kappa shape index (κ3) is 6.21. The minimum Gasteiger partial charge on any atom is -0.496 e. The number of hydroxylamine groups is 2. The lowest BCUT2D eigenvalue weighted by atomic mass is 10.2. The highest BCUT2D eigenvalue weighted by Gasteiger charge is 2.21. The minimum atomic E-state index is -0.593. The first-order chi connectivity index (χ1) is 11.2. The van der Waals surface area contributed by atoms with Gasteiger partial charge in [0, 0.05) is 18.8 Å². The molecule has 0 saturated carbocycles. The van der Waals surface area contributed by atoms with Crippen molar-refractivity contribution in [2.75, 3.05) is 20.4 Å². The molecule has 0 aromatic carbocycles. The standard InChI is InChI=1S/C16H27N3O5/c1-7-19(15(21)24-16(3,4)5)23-10-17-9-12-13(22-6)8-11(2)18-14(12)20/h8,17H,7,9-10H2,1-6H3,(H,18,20). The van der Waals surface area contributed by atoms with E-state index in [9.17, 15) is 9.59 Å². The second-order valence-electron chi connectivity index (χ2n) is 6.20. The molecule has 8 nitrogen and oxygen atoms in total. The summed E-state index contributed by atoms with van der Waals surface area (Å²) in [4.78, 5) is 32.0. The minimum absolute atomic E-state index is 0.0452. The monoisotopic (exact) mass is 341 g/mol. The number of aromatic nitrogens is 1. The van der Waals surface area contributed by atoms with Gasteiger partial charge in [0.2, 0.25) is 0 Å². The molecule has 1 heterocycles. The Morgan fingerprint density at radius 1 is 1.38 bits per heavy atom. The average Bonchev–Trinajstić information content (AvgIpc) is 2.46. The Morgan fingerprint density at radius 3 is 2.58 bits per heavy atom. The van der Waals surface area contributed by atoms with E-state index in [4.69, 9.17) is 14.3 Å². The van der Waals surface area contributed by atoms with Crippen molar-refractivity contribution < 1.29 is 19.1 Å². The molecule has 0 saturated heterocycles. The quantitative estimate of drug-likeness (QED) is 0.447. The second kappa shape index (κ2) is 8.70. The summed E-state index contributed by atoms with van der Waals surface area (Å²) in [5.41, 5.74) is 0.369. The van der Waals surface area contributed by atoms with Crippen molar-refractivity contribution in [2.45, 2.75) is 46.8 Å². The maximum Gasteiger partial charge on any atom is 0.434 e. The average molecular weight is 341 g/mol. The SMILES string of the molecule is CCN(OCNCc1c(OC)cc(C)[nH]c1=O)C(=O)OC(C)(C)C. The summed E-state index contributed by atoms with van der Waals surface area (Å²) in [6.07, 6.45) is -0.558. The smallest absolute Gasteiger partial charge is 0.434 e. The Morgan fingerprint density at radius 2 is 2.04 bits per heavy atom. The van der Waals surface area contributed by atoms with Gasteiger partial charge in [0.05, 0.1) is 12.7 Å². The van der Waals surface area contributed by atoms with Crippen LogP contribution in [-0.2, 0) is 16.1 Å². The second-order valence-corrected chi connectivity index (χ2v) is 6.20. The fourth-order valence-electron chi connectivity index (χ4n) is 1.92. The van der Waals surface area contributed by atoms with Crippen LogP contribution in [0.4, 0.5) is 4.79 Å². The zero-order valence-corrected chi connectivity index (χ0v) is 15.2. The predicted octanol–water partition coefficient (Wildman–Crippen LogP) is 1.93. The fraction of sp³-hybridized carbons (Fsp3) is 0.625. The third-order valence-electron chi connectivity index (χ3n) is 2.96. The van der Waals surface area contributed by atoms with Crippen LogP contribution in [0.25, 0.3) is 0 Å². The zero-order chi connectivity index (χ0) is 18.3. The molecule has 1 aromatic heterocycles. The maximum atomic E-state index is 12.0. The van der Waals surface area contributed by atoms with E-state index in [-0.39, 0.29) is 18.8 Å². The molecule has 0 aliphatic rings. The summed E-state index contributed by atoms with van der Waals surface area (Å²) in [5, 5.41) is 4.07. The number of nitrogens with zero attached hydrogens (tertiary/aromatic N) is 1. The number of carbonyl (C=O) groups excluding carboxylic acids is 1. The molecule has 0 aliphatic heterocycles. The van der Waals surface area contributed by atoms with Crippen molar-refractivity contribution in [1.29, 1.82) is 0 Å². The van der Waals surface area contributed by atoms with Crippen molar-refractivity contribution in [2.24, 2.45) is 0 Å². The summed E-state index contributed by atoms with van der Waals surface area (Å²) in [6, 6.07) is 1.75. The summed E-state index contributed by atoms with van der Waals surface area (Å²) >= 11 is 0. The van der Waals surface area contributed by atoms with Crippen molar-refractivity contribution in [3.05, 3.63) is 27.7 Å². The number of amides is 1. The van der Waals surface area contributed by atoms with Crippen LogP contribution in [0.1, 0.15) is 39.0 Å². The molecule has 1 aromatic rings. The lowest BCUT2D eigenvalue weighted by Gasteiger charge is -2.25. The van der Waals surface area contributed by atoms with Crippen LogP contribution < -0.4 is 15.6 Å². The highest BCUT2D eigenvalue weighted by Crippen LogP contribution is 2.14.